The zero-order valence-electron chi connectivity index (χ0n) is 22.0. The maximum absolute atomic E-state index is 14.0. The second kappa shape index (κ2) is 12.3. The van der Waals surface area contributed by atoms with Gasteiger partial charge in [0, 0.05) is 49.9 Å². The van der Waals surface area contributed by atoms with E-state index in [2.05, 4.69) is 17.0 Å². The van der Waals surface area contributed by atoms with Crippen LogP contribution in [0.25, 0.3) is 0 Å². The van der Waals surface area contributed by atoms with Crippen molar-refractivity contribution in [3.63, 3.8) is 0 Å². The Morgan fingerprint density at radius 1 is 0.730 bits per heavy atom. The lowest BCUT2D eigenvalue weighted by atomic mass is 10.1. The van der Waals surface area contributed by atoms with Gasteiger partial charge in [-0.05, 0) is 74.8 Å². The topological polar surface area (TPSA) is 43.9 Å². The minimum absolute atomic E-state index is 0.0414. The van der Waals surface area contributed by atoms with E-state index in [9.17, 15) is 9.59 Å². The molecular formula is C31H40ClN3O2. The molecule has 0 radical (unpaired) electrons. The van der Waals surface area contributed by atoms with Crippen molar-refractivity contribution < 1.29 is 9.59 Å². The Kier molecular flexibility index (Phi) is 8.70. The number of rotatable bonds is 3. The van der Waals surface area contributed by atoms with E-state index in [-0.39, 0.29) is 17.7 Å². The van der Waals surface area contributed by atoms with Crippen LogP contribution in [-0.4, -0.2) is 42.9 Å². The van der Waals surface area contributed by atoms with Crippen LogP contribution in [0.5, 0.6) is 0 Å². The van der Waals surface area contributed by atoms with Crippen molar-refractivity contribution >= 4 is 34.8 Å². The van der Waals surface area contributed by atoms with Crippen LogP contribution >= 0.6 is 11.6 Å². The Bertz CT molecular complexity index is 1090. The Labute approximate surface area is 226 Å². The molecule has 2 aromatic rings. The molecule has 37 heavy (non-hydrogen) atoms. The molecule has 0 bridgehead atoms. The molecule has 2 aromatic carbocycles. The maximum atomic E-state index is 14.0. The molecule has 1 saturated heterocycles. The molecular weight excluding hydrogens is 482 g/mol. The smallest absolute Gasteiger partial charge is 0.254 e. The van der Waals surface area contributed by atoms with Crippen LogP contribution in [0.3, 0.4) is 0 Å². The van der Waals surface area contributed by atoms with Crippen LogP contribution in [0, 0.1) is 5.92 Å². The number of carbonyl (C=O) groups is 2. The fraction of sp³-hybridized carbons (Fsp3) is 0.548. The molecule has 2 fully saturated rings. The molecule has 0 unspecified atom stereocenters. The number of hydrogen-bond acceptors (Lipinski definition) is 3. The average Bonchev–Trinajstić information content (AvgIpc) is 3.77. The van der Waals surface area contributed by atoms with Crippen molar-refractivity contribution in [2.45, 2.75) is 77.2 Å². The van der Waals surface area contributed by atoms with Gasteiger partial charge in [-0.15, -0.1) is 0 Å². The summed E-state index contributed by atoms with van der Waals surface area (Å²) in [4.78, 5) is 33.6. The van der Waals surface area contributed by atoms with E-state index in [1.807, 2.05) is 40.1 Å². The van der Waals surface area contributed by atoms with Crippen molar-refractivity contribution in [1.82, 2.24) is 4.90 Å². The van der Waals surface area contributed by atoms with E-state index in [1.165, 1.54) is 19.3 Å². The molecule has 198 valence electrons. The summed E-state index contributed by atoms with van der Waals surface area (Å²) in [6.07, 6.45) is 12.2. The van der Waals surface area contributed by atoms with Crippen LogP contribution in [0.1, 0.15) is 86.6 Å². The number of amides is 2. The van der Waals surface area contributed by atoms with Gasteiger partial charge in [0.1, 0.15) is 0 Å². The molecule has 3 aliphatic rings. The van der Waals surface area contributed by atoms with E-state index in [0.717, 1.165) is 87.9 Å². The Morgan fingerprint density at radius 3 is 2.14 bits per heavy atom. The van der Waals surface area contributed by atoms with Crippen LogP contribution in [0.2, 0.25) is 5.02 Å². The summed E-state index contributed by atoms with van der Waals surface area (Å²) in [5.41, 5.74) is 3.69. The minimum Gasteiger partial charge on any atom is -0.370 e. The van der Waals surface area contributed by atoms with Crippen LogP contribution < -0.4 is 9.80 Å². The van der Waals surface area contributed by atoms with E-state index in [1.54, 1.807) is 0 Å². The average molecular weight is 522 g/mol. The number of carbonyl (C=O) groups excluding carboxylic acids is 2. The van der Waals surface area contributed by atoms with Crippen LogP contribution in [0.4, 0.5) is 11.4 Å². The Morgan fingerprint density at radius 2 is 1.38 bits per heavy atom. The summed E-state index contributed by atoms with van der Waals surface area (Å²) in [6, 6.07) is 13.9. The predicted octanol–water partition coefficient (Wildman–Crippen LogP) is 7.07. The lowest BCUT2D eigenvalue weighted by Crippen LogP contribution is -2.36. The van der Waals surface area contributed by atoms with Crippen molar-refractivity contribution in [2.75, 3.05) is 36.0 Å². The molecule has 1 saturated carbocycles. The summed E-state index contributed by atoms with van der Waals surface area (Å²) >= 11 is 6.60. The number of para-hydroxylation sites is 1. The Balaban J connectivity index is 1.44. The lowest BCUT2D eigenvalue weighted by molar-refractivity contribution is -0.119. The highest BCUT2D eigenvalue weighted by Crippen LogP contribution is 2.35. The summed E-state index contributed by atoms with van der Waals surface area (Å²) in [5, 5.41) is 0.711. The van der Waals surface area contributed by atoms with Crippen LogP contribution in [0.15, 0.2) is 42.5 Å². The standard InChI is InChI=1S/C31H40ClN3O2/c32-27-17-16-25(22-29(27)33-18-9-5-10-19-33)30(36)34-20-8-3-1-2-4-11-21-35(31(37)24-14-15-24)28-13-7-6-12-26(28)23-34/h6-7,12-13,16-17,22,24H,1-5,8-11,14-15,18-21,23H2. The molecule has 0 N–H and O–H groups in total. The number of hydrogen-bond donors (Lipinski definition) is 0. The van der Waals surface area contributed by atoms with Gasteiger partial charge in [0.05, 0.1) is 10.7 Å². The van der Waals surface area contributed by atoms with Gasteiger partial charge in [-0.1, -0.05) is 55.5 Å². The van der Waals surface area contributed by atoms with Crippen molar-refractivity contribution in [3.8, 4) is 0 Å². The summed E-state index contributed by atoms with van der Waals surface area (Å²) < 4.78 is 0. The summed E-state index contributed by atoms with van der Waals surface area (Å²) in [5.74, 6) is 0.465. The fourth-order valence-electron chi connectivity index (χ4n) is 5.75. The number of piperidine rings is 1. The van der Waals surface area contributed by atoms with Crippen molar-refractivity contribution in [2.24, 2.45) is 5.92 Å². The van der Waals surface area contributed by atoms with E-state index in [4.69, 9.17) is 11.6 Å². The zero-order chi connectivity index (χ0) is 25.6. The number of nitrogens with zero attached hydrogens (tertiary/aromatic N) is 3. The first kappa shape index (κ1) is 26.1. The first-order valence-corrected chi connectivity index (χ1v) is 14.7. The van der Waals surface area contributed by atoms with Crippen molar-refractivity contribution in [3.05, 3.63) is 58.6 Å². The zero-order valence-corrected chi connectivity index (χ0v) is 22.7. The minimum atomic E-state index is 0.0414. The van der Waals surface area contributed by atoms with E-state index < -0.39 is 0 Å². The SMILES string of the molecule is O=C(c1ccc(Cl)c(N2CCCCC2)c1)N1CCCCCCCCN(C(=O)C2CC2)c2ccccc2C1. The molecule has 2 heterocycles. The normalized spacial score (nSPS) is 19.9. The second-order valence-electron chi connectivity index (χ2n) is 11.0. The number of benzene rings is 2. The quantitative estimate of drug-likeness (QED) is 0.434. The van der Waals surface area contributed by atoms with Crippen LogP contribution in [-0.2, 0) is 11.3 Å². The first-order chi connectivity index (χ1) is 18.1. The fourth-order valence-corrected chi connectivity index (χ4v) is 5.99. The number of anilines is 2. The predicted molar refractivity (Wildman–Crippen MR) is 151 cm³/mol. The van der Waals surface area contributed by atoms with Crippen molar-refractivity contribution in [1.29, 1.82) is 0 Å². The van der Waals surface area contributed by atoms with Gasteiger partial charge in [-0.25, -0.2) is 0 Å². The van der Waals surface area contributed by atoms with E-state index >= 15 is 0 Å². The summed E-state index contributed by atoms with van der Waals surface area (Å²) in [7, 11) is 0. The first-order valence-electron chi connectivity index (χ1n) is 14.3. The largest absolute Gasteiger partial charge is 0.370 e. The van der Waals surface area contributed by atoms with Gasteiger partial charge in [0.25, 0.3) is 5.91 Å². The third kappa shape index (κ3) is 6.49. The lowest BCUT2D eigenvalue weighted by Gasteiger charge is -2.31. The van der Waals surface area contributed by atoms with Gasteiger partial charge in [0.2, 0.25) is 5.91 Å². The molecule has 6 heteroatoms. The van der Waals surface area contributed by atoms with Gasteiger partial charge in [-0.3, -0.25) is 9.59 Å². The van der Waals surface area contributed by atoms with Gasteiger partial charge in [-0.2, -0.15) is 0 Å². The number of halogens is 1. The highest BCUT2D eigenvalue weighted by atomic mass is 35.5. The molecule has 5 rings (SSSR count). The second-order valence-corrected chi connectivity index (χ2v) is 11.4. The molecule has 2 amide bonds. The van der Waals surface area contributed by atoms with Gasteiger partial charge in [0.15, 0.2) is 0 Å². The third-order valence-electron chi connectivity index (χ3n) is 8.07. The van der Waals surface area contributed by atoms with E-state index in [0.29, 0.717) is 23.7 Å². The molecule has 0 atom stereocenters. The highest BCUT2D eigenvalue weighted by Gasteiger charge is 2.34. The van der Waals surface area contributed by atoms with Gasteiger partial charge < -0.3 is 14.7 Å². The monoisotopic (exact) mass is 521 g/mol. The summed E-state index contributed by atoms with van der Waals surface area (Å²) in [6.45, 7) is 3.95. The molecule has 0 aromatic heterocycles. The molecule has 1 aliphatic carbocycles. The third-order valence-corrected chi connectivity index (χ3v) is 8.39. The number of fused-ring (bicyclic) bond motifs is 1. The molecule has 2 aliphatic heterocycles. The maximum Gasteiger partial charge on any atom is 0.254 e. The molecule has 5 nitrogen and oxygen atoms in total. The molecule has 0 spiro atoms. The van der Waals surface area contributed by atoms with Gasteiger partial charge >= 0.3 is 0 Å². The Hall–Kier alpha value is -2.53. The highest BCUT2D eigenvalue weighted by molar-refractivity contribution is 6.33.